The van der Waals surface area contributed by atoms with Gasteiger partial charge in [0.2, 0.25) is 5.91 Å². The van der Waals surface area contributed by atoms with Gasteiger partial charge in [-0.2, -0.15) is 26.3 Å². The lowest BCUT2D eigenvalue weighted by atomic mass is 10.0. The average molecular weight is 776 g/mol. The number of unbranched alkanes of at least 4 members (excludes halogenated alkanes) is 2. The van der Waals surface area contributed by atoms with E-state index in [-0.39, 0.29) is 36.5 Å². The number of aromatic nitrogens is 3. The number of rotatable bonds is 14. The van der Waals surface area contributed by atoms with Crippen LogP contribution in [0.4, 0.5) is 30.7 Å². The summed E-state index contributed by atoms with van der Waals surface area (Å²) in [5, 5.41) is 18.4. The van der Waals surface area contributed by atoms with Gasteiger partial charge in [0.05, 0.1) is 31.5 Å². The van der Waals surface area contributed by atoms with E-state index in [4.69, 9.17) is 30.3 Å². The summed E-state index contributed by atoms with van der Waals surface area (Å²) in [6.07, 6.45) is -3.96. The lowest BCUT2D eigenvalue weighted by Gasteiger charge is -2.17. The van der Waals surface area contributed by atoms with Gasteiger partial charge in [-0.1, -0.05) is 19.8 Å². The summed E-state index contributed by atoms with van der Waals surface area (Å²) >= 11 is 0. The molecule has 0 fully saturated rings. The molecule has 12 nitrogen and oxygen atoms in total. The van der Waals surface area contributed by atoms with Gasteiger partial charge in [0.25, 0.3) is 0 Å². The Labute approximate surface area is 304 Å². The van der Waals surface area contributed by atoms with Crippen molar-refractivity contribution in [3.63, 3.8) is 0 Å². The number of aromatic amines is 2. The third kappa shape index (κ3) is 13.8. The van der Waals surface area contributed by atoms with Gasteiger partial charge in [0.15, 0.2) is 0 Å². The molecule has 2 aromatic heterocycles. The Morgan fingerprint density at radius 3 is 2.13 bits per heavy atom. The van der Waals surface area contributed by atoms with Crippen LogP contribution in [-0.4, -0.2) is 68.3 Å². The number of H-pyrrole nitrogens is 2. The molecule has 7 N–H and O–H groups in total. The molecular weight excluding hydrogens is 735 g/mol. The summed E-state index contributed by atoms with van der Waals surface area (Å²) in [7, 11) is 1.62. The fraction of sp³-hybridized carbons (Fsp3) is 0.400. The Kier molecular flexibility index (Phi) is 16.7. The number of ketones is 1. The number of ether oxygens (including phenoxy) is 1. The van der Waals surface area contributed by atoms with Crippen LogP contribution in [0, 0.1) is 12.7 Å². The van der Waals surface area contributed by atoms with Crippen molar-refractivity contribution in [2.24, 2.45) is 5.73 Å². The first kappa shape index (κ1) is 44.7. The zero-order chi connectivity index (χ0) is 40.8. The Morgan fingerprint density at radius 2 is 1.57 bits per heavy atom. The lowest BCUT2D eigenvalue weighted by Crippen LogP contribution is -2.30. The van der Waals surface area contributed by atoms with E-state index in [0.717, 1.165) is 52.7 Å². The monoisotopic (exact) mass is 775 g/mol. The molecule has 0 saturated heterocycles. The number of benzene rings is 2. The molecule has 0 aliphatic carbocycles. The fourth-order valence-corrected chi connectivity index (χ4v) is 5.07. The van der Waals surface area contributed by atoms with E-state index >= 15 is 0 Å². The average Bonchev–Trinajstić information content (AvgIpc) is 3.71. The number of carbonyl (C=O) groups excluding carboxylic acids is 2. The van der Waals surface area contributed by atoms with E-state index in [0.29, 0.717) is 36.3 Å². The number of nitrogens with one attached hydrogen (secondary N) is 3. The van der Waals surface area contributed by atoms with Crippen LogP contribution in [0.3, 0.4) is 0 Å². The fourth-order valence-electron chi connectivity index (χ4n) is 5.07. The number of carbonyl (C=O) groups is 4. The van der Waals surface area contributed by atoms with E-state index in [1.54, 1.807) is 19.4 Å². The molecular formula is C35H40F7N5O7. The van der Waals surface area contributed by atoms with Gasteiger partial charge in [-0.3, -0.25) is 9.59 Å². The normalized spacial score (nSPS) is 11.8. The molecule has 0 aliphatic rings. The number of carboxylic acids is 2. The molecule has 0 spiro atoms. The minimum atomic E-state index is -5.08. The number of hydrogen-bond acceptors (Lipinski definition) is 7. The number of Topliss-reactive ketones (excluding diaryl/α,β-unsaturated/α-hetero) is 1. The molecule has 0 unspecified atom stereocenters. The topological polar surface area (TPSA) is 200 Å². The van der Waals surface area contributed by atoms with Crippen LogP contribution in [0.2, 0.25) is 0 Å². The van der Waals surface area contributed by atoms with Crippen molar-refractivity contribution in [2.45, 2.75) is 83.7 Å². The number of aryl methyl sites for hydroxylation is 1. The van der Waals surface area contributed by atoms with Gasteiger partial charge in [0.1, 0.15) is 23.2 Å². The second-order valence-corrected chi connectivity index (χ2v) is 11.7. The van der Waals surface area contributed by atoms with Crippen molar-refractivity contribution in [1.29, 1.82) is 0 Å². The van der Waals surface area contributed by atoms with Crippen molar-refractivity contribution in [3.05, 3.63) is 71.1 Å². The minimum Gasteiger partial charge on any atom is -0.497 e. The van der Waals surface area contributed by atoms with Gasteiger partial charge in [-0.25, -0.2) is 19.0 Å². The van der Waals surface area contributed by atoms with Crippen molar-refractivity contribution >= 4 is 34.5 Å². The van der Waals surface area contributed by atoms with Crippen LogP contribution in [0.25, 0.3) is 22.2 Å². The second-order valence-electron chi connectivity index (χ2n) is 11.7. The molecule has 4 rings (SSSR count). The molecule has 4 aromatic rings. The van der Waals surface area contributed by atoms with Gasteiger partial charge < -0.3 is 36.0 Å². The number of amides is 1. The molecule has 19 heteroatoms. The Morgan fingerprint density at radius 1 is 0.944 bits per heavy atom. The molecule has 1 amide bonds. The van der Waals surface area contributed by atoms with Crippen LogP contribution >= 0.6 is 0 Å². The number of methoxy groups -OCH3 is 1. The number of carboxylic acid groups (broad SMARTS) is 2. The summed E-state index contributed by atoms with van der Waals surface area (Å²) in [6.45, 7) is 4.03. The summed E-state index contributed by atoms with van der Waals surface area (Å²) < 4.78 is 82.6. The molecule has 0 radical (unpaired) electrons. The van der Waals surface area contributed by atoms with Crippen molar-refractivity contribution in [2.75, 3.05) is 7.11 Å². The number of aliphatic carboxylic acids is 2. The highest BCUT2D eigenvalue weighted by molar-refractivity contribution is 5.91. The predicted octanol–water partition coefficient (Wildman–Crippen LogP) is 7.07. The van der Waals surface area contributed by atoms with Crippen molar-refractivity contribution < 1.29 is 64.9 Å². The molecule has 54 heavy (non-hydrogen) atoms. The maximum Gasteiger partial charge on any atom is 0.490 e. The molecule has 0 aliphatic heterocycles. The smallest absolute Gasteiger partial charge is 0.490 e. The molecule has 0 bridgehead atoms. The maximum absolute atomic E-state index is 13.8. The third-order valence-electron chi connectivity index (χ3n) is 7.83. The van der Waals surface area contributed by atoms with Crippen LogP contribution in [-0.2, 0) is 32.1 Å². The predicted molar refractivity (Wildman–Crippen MR) is 182 cm³/mol. The second kappa shape index (κ2) is 20.1. The number of nitrogens with zero attached hydrogens (tertiary/aromatic N) is 1. The summed E-state index contributed by atoms with van der Waals surface area (Å²) in [4.78, 5) is 54.1. The number of halogens is 7. The van der Waals surface area contributed by atoms with Gasteiger partial charge >= 0.3 is 24.3 Å². The molecule has 2 heterocycles. The lowest BCUT2D eigenvalue weighted by molar-refractivity contribution is -0.193. The third-order valence-corrected chi connectivity index (χ3v) is 7.83. The Bertz CT molecular complexity index is 1860. The molecule has 0 saturated carbocycles. The van der Waals surface area contributed by atoms with Crippen LogP contribution < -0.4 is 15.8 Å². The highest BCUT2D eigenvalue weighted by Crippen LogP contribution is 2.29. The van der Waals surface area contributed by atoms with E-state index in [9.17, 15) is 40.3 Å². The van der Waals surface area contributed by atoms with E-state index in [1.807, 2.05) is 32.0 Å². The van der Waals surface area contributed by atoms with E-state index in [2.05, 4.69) is 20.3 Å². The summed E-state index contributed by atoms with van der Waals surface area (Å²) in [5.74, 6) is -4.37. The molecule has 2 aromatic carbocycles. The SMILES string of the molecule is CCC(=O)CCCCC[C@H](NC(=O)Cc1c(C)[nH]c2ccc(OC)cc12)c1ncc(-c2ccc(F)cc2CN)[nH]1.O=C(O)C(F)(F)F.O=C(O)C(F)(F)F. The first-order valence-electron chi connectivity index (χ1n) is 16.3. The molecule has 296 valence electrons. The maximum atomic E-state index is 13.8. The van der Waals surface area contributed by atoms with E-state index in [1.165, 1.54) is 12.1 Å². The van der Waals surface area contributed by atoms with Crippen LogP contribution in [0.1, 0.15) is 74.1 Å². The van der Waals surface area contributed by atoms with Crippen LogP contribution in [0.5, 0.6) is 5.75 Å². The van der Waals surface area contributed by atoms with Crippen molar-refractivity contribution in [3.8, 4) is 17.0 Å². The molecule has 1 atom stereocenters. The number of hydrogen-bond donors (Lipinski definition) is 6. The highest BCUT2D eigenvalue weighted by atomic mass is 19.4. The first-order valence-corrected chi connectivity index (χ1v) is 16.3. The van der Waals surface area contributed by atoms with E-state index < -0.39 is 24.3 Å². The van der Waals surface area contributed by atoms with Crippen LogP contribution in [0.15, 0.2) is 42.6 Å². The Balaban J connectivity index is 0.000000610. The van der Waals surface area contributed by atoms with Gasteiger partial charge in [0, 0.05) is 41.5 Å². The zero-order valence-corrected chi connectivity index (χ0v) is 29.4. The minimum absolute atomic E-state index is 0.125. The summed E-state index contributed by atoms with van der Waals surface area (Å²) in [6, 6.07) is 9.91. The summed E-state index contributed by atoms with van der Waals surface area (Å²) in [5.41, 5.74) is 10.8. The van der Waals surface area contributed by atoms with Gasteiger partial charge in [-0.05, 0) is 67.3 Å². The zero-order valence-electron chi connectivity index (χ0n) is 29.4. The Hall–Kier alpha value is -5.46. The number of fused-ring (bicyclic) bond motifs is 1. The van der Waals surface area contributed by atoms with Gasteiger partial charge in [-0.15, -0.1) is 0 Å². The number of nitrogens with two attached hydrogens (primary N) is 1. The number of alkyl halides is 6. The highest BCUT2D eigenvalue weighted by Gasteiger charge is 2.39. The van der Waals surface area contributed by atoms with Crippen molar-refractivity contribution in [1.82, 2.24) is 20.3 Å². The quantitative estimate of drug-likeness (QED) is 0.0573. The number of imidazole rings is 1. The standard InChI is InChI=1S/C31H38FN5O3.2C2HF3O2/c1-4-22(38)8-6-5-7-9-28(31-34-18-29(37-31)24-12-10-21(32)14-20(24)17-33)36-30(39)16-25-19(2)35-27-13-11-23(40-3)15-26(25)27;2*3-2(4,5)1(6)7/h10-15,18,28,35H,4-9,16-17,33H2,1-3H3,(H,34,37)(H,36,39);2*(H,6,7)/t28-;;/m0../s1. The largest absolute Gasteiger partial charge is 0.497 e. The first-order chi connectivity index (χ1) is 25.2.